The Balaban J connectivity index is 0.000000179. The summed E-state index contributed by atoms with van der Waals surface area (Å²) in [6.07, 6.45) is 2.08. The summed E-state index contributed by atoms with van der Waals surface area (Å²) in [6, 6.07) is 18.8. The topological polar surface area (TPSA) is 218 Å². The fourth-order valence-electron chi connectivity index (χ4n) is 11.7. The maximum Gasteiger partial charge on any atom is 0.352 e. The number of nitrogen functional groups attached to an aromatic ring is 1. The lowest BCUT2D eigenvalue weighted by atomic mass is 9.84. The van der Waals surface area contributed by atoms with Gasteiger partial charge in [-0.15, -0.1) is 22.7 Å². The van der Waals surface area contributed by atoms with E-state index in [1.54, 1.807) is 13.8 Å². The molecule has 542 valence electrons. The zero-order chi connectivity index (χ0) is 74.2. The fourth-order valence-corrected chi connectivity index (χ4v) is 13.7. The van der Waals surface area contributed by atoms with Crippen LogP contribution in [-0.4, -0.2) is 95.8 Å². The normalized spacial score (nSPS) is 14.0. The van der Waals surface area contributed by atoms with Crippen LogP contribution in [0.3, 0.4) is 0 Å². The molecule has 0 fully saturated rings. The zero-order valence-corrected chi connectivity index (χ0v) is 57.0. The summed E-state index contributed by atoms with van der Waals surface area (Å²) in [5.74, 6) is -24.3. The Kier molecular flexibility index (Phi) is 22.5. The van der Waals surface area contributed by atoms with Gasteiger partial charge in [0.25, 0.3) is 35.4 Å². The molecular weight excluding hydrogens is 1410 g/mol. The van der Waals surface area contributed by atoms with Gasteiger partial charge in [-0.3, -0.25) is 28.8 Å². The summed E-state index contributed by atoms with van der Waals surface area (Å²) >= 11 is 2.58. The first kappa shape index (κ1) is 76.7. The number of anilines is 4. The molecule has 6 heterocycles. The first-order valence-corrected chi connectivity index (χ1v) is 32.9. The molecule has 0 unspecified atom stereocenters. The van der Waals surface area contributed by atoms with E-state index in [2.05, 4.69) is 30.9 Å². The smallest absolute Gasteiger partial charge is 0.352 e. The lowest BCUT2D eigenvalue weighted by molar-refractivity contribution is -0.161. The van der Waals surface area contributed by atoms with E-state index in [-0.39, 0.29) is 104 Å². The number of hydrogen-bond donors (Lipinski definition) is 4. The lowest BCUT2D eigenvalue weighted by Crippen LogP contribution is -2.49. The Morgan fingerprint density at radius 1 is 0.485 bits per heavy atom. The molecule has 6 amide bonds. The van der Waals surface area contributed by atoms with E-state index in [9.17, 15) is 55.1 Å². The van der Waals surface area contributed by atoms with Gasteiger partial charge in [0.05, 0.1) is 58.1 Å². The number of halogens is 12. The predicted octanol–water partition coefficient (Wildman–Crippen LogP) is 14.8. The van der Waals surface area contributed by atoms with E-state index in [1.807, 2.05) is 18.4 Å². The van der Waals surface area contributed by atoms with Gasteiger partial charge < -0.3 is 41.0 Å². The number of aryl methyl sites for hydroxylation is 5. The van der Waals surface area contributed by atoms with E-state index in [0.29, 0.717) is 64.5 Å². The summed E-state index contributed by atoms with van der Waals surface area (Å²) < 4.78 is 177. The van der Waals surface area contributed by atoms with Gasteiger partial charge >= 0.3 is 17.8 Å². The van der Waals surface area contributed by atoms with Gasteiger partial charge in [0.2, 0.25) is 0 Å². The van der Waals surface area contributed by atoms with Crippen molar-refractivity contribution in [1.82, 2.24) is 34.2 Å². The Morgan fingerprint density at radius 2 is 0.893 bits per heavy atom. The molecule has 17 nitrogen and oxygen atoms in total. The van der Waals surface area contributed by atoms with Crippen LogP contribution in [0.25, 0.3) is 0 Å². The number of imidazole rings is 1. The molecule has 3 aromatic heterocycles. The van der Waals surface area contributed by atoms with Crippen molar-refractivity contribution in [2.45, 2.75) is 112 Å². The van der Waals surface area contributed by atoms with Crippen molar-refractivity contribution in [1.29, 1.82) is 0 Å². The van der Waals surface area contributed by atoms with E-state index in [1.165, 1.54) is 86.0 Å². The molecule has 0 aliphatic carbocycles. The summed E-state index contributed by atoms with van der Waals surface area (Å²) in [7, 11) is 0. The molecule has 6 aromatic carbocycles. The molecule has 0 bridgehead atoms. The third-order valence-corrected chi connectivity index (χ3v) is 19.0. The van der Waals surface area contributed by atoms with Gasteiger partial charge in [-0.05, 0) is 161 Å². The number of nitrogens with two attached hydrogens (primary N) is 1. The minimum absolute atomic E-state index is 0. The number of rotatable bonds is 12. The average molecular weight is 1470 g/mol. The lowest BCUT2D eigenvalue weighted by Gasteiger charge is -2.38. The third kappa shape index (κ3) is 16.6. The number of nitrogens with one attached hydrogen (secondary N) is 3. The van der Waals surface area contributed by atoms with E-state index in [4.69, 9.17) is 5.73 Å². The Hall–Kier alpha value is -10.4. The van der Waals surface area contributed by atoms with Crippen LogP contribution in [0.15, 0.2) is 115 Å². The molecule has 9 aromatic rings. The Bertz CT molecular complexity index is 4780. The predicted molar refractivity (Wildman–Crippen MR) is 363 cm³/mol. The number of thiazole rings is 2. The number of benzene rings is 6. The van der Waals surface area contributed by atoms with Crippen LogP contribution in [0, 0.1) is 69.5 Å². The second-order valence-corrected chi connectivity index (χ2v) is 27.4. The van der Waals surface area contributed by atoms with Crippen molar-refractivity contribution >= 4 is 80.3 Å². The highest BCUT2D eigenvalue weighted by Gasteiger charge is 2.51. The molecule has 0 saturated carbocycles. The largest absolute Gasteiger partial charge is 0.375 e. The SMILES string of the molecule is C.Cc1cc(NC(=O)c2ccc(F)c(C(F)(F)C(=O)N3CCc4nc(N)sc4CC3)c2)ccc1F.Cc1cc(NC(=O)c2ccc(F)c(C(F)(F)C(=O)N3CCn4c(cnc4C)C3)c2)ccc1F.Cc1nc2c(s1)CN(C(=O)C(F)(F)c1cc(C(=O)Nc3ccc(F)c(C)c3)ccc1F)CC2(C)C. The van der Waals surface area contributed by atoms with Crippen LogP contribution in [-0.2, 0) is 70.0 Å². The van der Waals surface area contributed by atoms with Crippen LogP contribution in [0.5, 0.6) is 0 Å². The maximum atomic E-state index is 15.4. The molecular formula is C72H67F12N11O6S2. The summed E-state index contributed by atoms with van der Waals surface area (Å²) in [6.45, 7) is 11.9. The molecule has 3 aliphatic rings. The van der Waals surface area contributed by atoms with E-state index < -0.39 is 110 Å². The molecule has 3 aliphatic heterocycles. The highest BCUT2D eigenvalue weighted by Crippen LogP contribution is 2.42. The van der Waals surface area contributed by atoms with Gasteiger partial charge in [0, 0.05) is 94.5 Å². The van der Waals surface area contributed by atoms with Crippen molar-refractivity contribution in [3.8, 4) is 0 Å². The first-order valence-electron chi connectivity index (χ1n) is 31.3. The van der Waals surface area contributed by atoms with Gasteiger partial charge in [0.15, 0.2) is 5.13 Å². The number of amides is 6. The second-order valence-electron chi connectivity index (χ2n) is 25.0. The Labute approximate surface area is 590 Å². The number of hydrogen-bond acceptors (Lipinski definition) is 12. The first-order chi connectivity index (χ1) is 47.9. The van der Waals surface area contributed by atoms with Crippen molar-refractivity contribution in [3.05, 3.63) is 238 Å². The summed E-state index contributed by atoms with van der Waals surface area (Å²) in [5, 5.41) is 8.52. The fraction of sp³-hybridized carbons (Fsp3) is 0.292. The highest BCUT2D eigenvalue weighted by atomic mass is 32.1. The maximum absolute atomic E-state index is 15.4. The second kappa shape index (κ2) is 30.3. The van der Waals surface area contributed by atoms with Gasteiger partial charge in [-0.25, -0.2) is 41.3 Å². The Morgan fingerprint density at radius 3 is 1.33 bits per heavy atom. The standard InChI is InChI=1S/C25H23F4N3O2S.C23H20F4N4O2S.C23H20F4N4O2.CH4/c1-13-9-16(6-8-18(13)26)31-22(33)15-5-7-19(27)17(10-15)25(28,29)23(34)32-11-20-21(24(3,4)12-32)30-14(2)35-20;1-12-10-14(3-5-16(12)24)29-20(32)13-2-4-17(25)15(11-13)23(26,27)21(33)31-8-6-18-19(7-9-31)34-22(28)30-18;1-13-9-16(4-6-19(13)24)29-21(32)15-3-5-20(25)18(10-15)23(26,27)22(33)30-7-8-31-14(2)28-11-17(31)12-30;/h5-10H,11-12H2,1-4H3,(H,31,33);2-5,10-11H,6-9H2,1H3,(H2,28,30)(H,29,32);3-6,9-11H,7-8,12H2,1-2H3,(H,29,32);1H4. The monoisotopic (exact) mass is 1470 g/mol. The van der Waals surface area contributed by atoms with Crippen molar-refractivity contribution < 1.29 is 81.5 Å². The van der Waals surface area contributed by atoms with Crippen LogP contribution >= 0.6 is 22.7 Å². The number of aromatic nitrogens is 4. The molecule has 0 atom stereocenters. The number of carbonyl (C=O) groups is 6. The van der Waals surface area contributed by atoms with Crippen LogP contribution in [0.1, 0.15) is 123 Å². The van der Waals surface area contributed by atoms with E-state index in [0.717, 1.165) is 78.8 Å². The summed E-state index contributed by atoms with van der Waals surface area (Å²) in [5.41, 5.74) is 4.26. The number of alkyl halides is 6. The molecule has 0 saturated heterocycles. The van der Waals surface area contributed by atoms with Crippen LogP contribution in [0.2, 0.25) is 0 Å². The minimum atomic E-state index is -4.21. The quantitative estimate of drug-likeness (QED) is 0.0848. The summed E-state index contributed by atoms with van der Waals surface area (Å²) in [4.78, 5) is 93.3. The molecule has 0 spiro atoms. The van der Waals surface area contributed by atoms with Gasteiger partial charge in [-0.2, -0.15) is 26.3 Å². The molecule has 12 rings (SSSR count). The minimum Gasteiger partial charge on any atom is -0.375 e. The average Bonchev–Trinajstić information content (AvgIpc) is 1.63. The number of carbonyl (C=O) groups excluding carboxylic acids is 6. The van der Waals surface area contributed by atoms with Crippen LogP contribution in [0.4, 0.5) is 74.9 Å². The molecule has 0 radical (unpaired) electrons. The number of fused-ring (bicyclic) bond motifs is 3. The van der Waals surface area contributed by atoms with Gasteiger partial charge in [0.1, 0.15) is 40.7 Å². The number of nitrogens with zero attached hydrogens (tertiary/aromatic N) is 7. The van der Waals surface area contributed by atoms with Crippen molar-refractivity contribution in [2.24, 2.45) is 0 Å². The van der Waals surface area contributed by atoms with Crippen molar-refractivity contribution in [3.63, 3.8) is 0 Å². The van der Waals surface area contributed by atoms with E-state index >= 15 is 26.3 Å². The van der Waals surface area contributed by atoms with Gasteiger partial charge in [-0.1, -0.05) is 21.3 Å². The zero-order valence-electron chi connectivity index (χ0n) is 55.3. The van der Waals surface area contributed by atoms with Crippen molar-refractivity contribution in [2.75, 3.05) is 47.9 Å². The highest BCUT2D eigenvalue weighted by molar-refractivity contribution is 7.15. The third-order valence-electron chi connectivity index (χ3n) is 17.1. The molecule has 31 heteroatoms. The van der Waals surface area contributed by atoms with Crippen LogP contribution < -0.4 is 21.7 Å². The molecule has 103 heavy (non-hydrogen) atoms. The molecule has 5 N–H and O–H groups in total.